The van der Waals surface area contributed by atoms with Crippen LogP contribution in [-0.2, 0) is 19.7 Å². The molecule has 0 saturated heterocycles. The molecule has 2 amide bonds. The van der Waals surface area contributed by atoms with E-state index in [1.54, 1.807) is 4.90 Å². The Balaban J connectivity index is 1.44. The number of benzene rings is 4. The SMILES string of the molecule is O=C(Nc1cccc(Br)c1)N(Cc1ccccc1)Cc1ccc(OCc2ccccc2)cc1. The van der Waals surface area contributed by atoms with Crippen molar-refractivity contribution in [2.45, 2.75) is 19.7 Å². The van der Waals surface area contributed by atoms with Crippen LogP contribution in [0.25, 0.3) is 0 Å². The van der Waals surface area contributed by atoms with E-state index in [9.17, 15) is 4.79 Å². The highest BCUT2D eigenvalue weighted by Gasteiger charge is 2.15. The molecule has 0 aliphatic carbocycles. The molecule has 5 heteroatoms. The standard InChI is InChI=1S/C28H25BrN2O2/c29-25-12-7-13-26(18-25)30-28(32)31(19-22-8-3-1-4-9-22)20-23-14-16-27(17-15-23)33-21-24-10-5-2-6-11-24/h1-18H,19-21H2,(H,30,32). The predicted octanol–water partition coefficient (Wildman–Crippen LogP) is 7.26. The van der Waals surface area contributed by atoms with E-state index in [4.69, 9.17) is 4.74 Å². The van der Waals surface area contributed by atoms with E-state index >= 15 is 0 Å². The Hall–Kier alpha value is -3.57. The first-order valence-corrected chi connectivity index (χ1v) is 11.6. The molecule has 4 rings (SSSR count). The molecule has 0 aliphatic heterocycles. The highest BCUT2D eigenvalue weighted by atomic mass is 79.9. The molecular weight excluding hydrogens is 476 g/mol. The zero-order valence-corrected chi connectivity index (χ0v) is 19.7. The van der Waals surface area contributed by atoms with Gasteiger partial charge in [-0.05, 0) is 47.0 Å². The Labute approximate surface area is 203 Å². The lowest BCUT2D eigenvalue weighted by atomic mass is 10.1. The summed E-state index contributed by atoms with van der Waals surface area (Å²) in [6.07, 6.45) is 0. The van der Waals surface area contributed by atoms with E-state index < -0.39 is 0 Å². The van der Waals surface area contributed by atoms with Gasteiger partial charge in [0.1, 0.15) is 12.4 Å². The molecule has 0 radical (unpaired) electrons. The van der Waals surface area contributed by atoms with Crippen molar-refractivity contribution in [2.75, 3.05) is 5.32 Å². The van der Waals surface area contributed by atoms with Crippen molar-refractivity contribution in [3.63, 3.8) is 0 Å². The van der Waals surface area contributed by atoms with Gasteiger partial charge in [-0.2, -0.15) is 0 Å². The second kappa shape index (κ2) is 11.3. The number of hydrogen-bond acceptors (Lipinski definition) is 2. The monoisotopic (exact) mass is 500 g/mol. The molecule has 33 heavy (non-hydrogen) atoms. The summed E-state index contributed by atoms with van der Waals surface area (Å²) in [5.74, 6) is 0.802. The number of carbonyl (C=O) groups excluding carboxylic acids is 1. The van der Waals surface area contributed by atoms with Crippen molar-refractivity contribution >= 4 is 27.6 Å². The number of carbonyl (C=O) groups is 1. The zero-order valence-electron chi connectivity index (χ0n) is 18.2. The average Bonchev–Trinajstić information content (AvgIpc) is 2.84. The van der Waals surface area contributed by atoms with E-state index in [-0.39, 0.29) is 6.03 Å². The maximum atomic E-state index is 13.1. The summed E-state index contributed by atoms with van der Waals surface area (Å²) in [4.78, 5) is 14.9. The molecule has 166 valence electrons. The van der Waals surface area contributed by atoms with E-state index in [0.29, 0.717) is 19.7 Å². The number of anilines is 1. The summed E-state index contributed by atoms with van der Waals surface area (Å²) in [6, 6.07) is 35.4. The highest BCUT2D eigenvalue weighted by Crippen LogP contribution is 2.19. The van der Waals surface area contributed by atoms with Crippen LogP contribution in [0.15, 0.2) is 114 Å². The number of rotatable bonds is 8. The van der Waals surface area contributed by atoms with Crippen LogP contribution in [0.3, 0.4) is 0 Å². The normalized spacial score (nSPS) is 10.5. The van der Waals surface area contributed by atoms with Crippen molar-refractivity contribution in [3.05, 3.63) is 130 Å². The summed E-state index contributed by atoms with van der Waals surface area (Å²) in [5.41, 5.74) is 3.98. The quantitative estimate of drug-likeness (QED) is 0.276. The minimum Gasteiger partial charge on any atom is -0.489 e. The molecule has 0 saturated carbocycles. The first-order chi connectivity index (χ1) is 16.2. The minimum absolute atomic E-state index is 0.152. The third-order valence-corrected chi connectivity index (χ3v) is 5.62. The van der Waals surface area contributed by atoms with Crippen LogP contribution in [0, 0.1) is 0 Å². The predicted molar refractivity (Wildman–Crippen MR) is 136 cm³/mol. The lowest BCUT2D eigenvalue weighted by Gasteiger charge is -2.24. The molecule has 0 heterocycles. The number of nitrogens with one attached hydrogen (secondary N) is 1. The van der Waals surface area contributed by atoms with Crippen molar-refractivity contribution in [2.24, 2.45) is 0 Å². The first-order valence-electron chi connectivity index (χ1n) is 10.8. The largest absolute Gasteiger partial charge is 0.489 e. The molecule has 0 aromatic heterocycles. The Morgan fingerprint density at radius 1 is 0.727 bits per heavy atom. The van der Waals surface area contributed by atoms with Gasteiger partial charge < -0.3 is 15.0 Å². The number of ether oxygens (including phenoxy) is 1. The summed E-state index contributed by atoms with van der Waals surface area (Å²) in [5, 5.41) is 3.01. The van der Waals surface area contributed by atoms with Gasteiger partial charge in [0.25, 0.3) is 0 Å². The lowest BCUT2D eigenvalue weighted by molar-refractivity contribution is 0.206. The molecule has 1 N–H and O–H groups in total. The maximum absolute atomic E-state index is 13.1. The van der Waals surface area contributed by atoms with Gasteiger partial charge in [0.15, 0.2) is 0 Å². The Morgan fingerprint density at radius 2 is 1.33 bits per heavy atom. The van der Waals surface area contributed by atoms with Gasteiger partial charge in [0.2, 0.25) is 0 Å². The number of hydrogen-bond donors (Lipinski definition) is 1. The molecule has 0 aliphatic rings. The lowest BCUT2D eigenvalue weighted by Crippen LogP contribution is -2.34. The van der Waals surface area contributed by atoms with E-state index in [0.717, 1.165) is 32.6 Å². The Morgan fingerprint density at radius 3 is 1.97 bits per heavy atom. The van der Waals surface area contributed by atoms with Crippen LogP contribution in [0.1, 0.15) is 16.7 Å². The zero-order chi connectivity index (χ0) is 22.9. The number of amides is 2. The highest BCUT2D eigenvalue weighted by molar-refractivity contribution is 9.10. The molecule has 0 fully saturated rings. The fraction of sp³-hybridized carbons (Fsp3) is 0.107. The molecule has 4 nitrogen and oxygen atoms in total. The average molecular weight is 501 g/mol. The van der Waals surface area contributed by atoms with Gasteiger partial charge in [-0.15, -0.1) is 0 Å². The molecule has 0 unspecified atom stereocenters. The molecule has 0 bridgehead atoms. The Bertz CT molecular complexity index is 1170. The number of halogens is 1. The van der Waals surface area contributed by atoms with Crippen LogP contribution in [-0.4, -0.2) is 10.9 Å². The van der Waals surface area contributed by atoms with Crippen molar-refractivity contribution in [3.8, 4) is 5.75 Å². The van der Waals surface area contributed by atoms with Crippen molar-refractivity contribution in [1.29, 1.82) is 0 Å². The number of urea groups is 1. The van der Waals surface area contributed by atoms with Gasteiger partial charge in [-0.25, -0.2) is 4.79 Å². The van der Waals surface area contributed by atoms with Crippen LogP contribution >= 0.6 is 15.9 Å². The van der Waals surface area contributed by atoms with Crippen LogP contribution in [0.4, 0.5) is 10.5 Å². The van der Waals surface area contributed by atoms with Crippen LogP contribution in [0.2, 0.25) is 0 Å². The van der Waals surface area contributed by atoms with Crippen LogP contribution in [0.5, 0.6) is 5.75 Å². The summed E-state index contributed by atoms with van der Waals surface area (Å²) in [6.45, 7) is 1.51. The topological polar surface area (TPSA) is 41.6 Å². The second-order valence-electron chi connectivity index (χ2n) is 7.70. The third kappa shape index (κ3) is 6.96. The first kappa shape index (κ1) is 22.6. The number of nitrogens with zero attached hydrogens (tertiary/aromatic N) is 1. The van der Waals surface area contributed by atoms with E-state index in [1.165, 1.54) is 0 Å². The van der Waals surface area contributed by atoms with E-state index in [2.05, 4.69) is 21.2 Å². The molecule has 4 aromatic rings. The van der Waals surface area contributed by atoms with Gasteiger partial charge in [0.05, 0.1) is 0 Å². The Kier molecular flexibility index (Phi) is 7.77. The van der Waals surface area contributed by atoms with Crippen LogP contribution < -0.4 is 10.1 Å². The molecule has 0 spiro atoms. The minimum atomic E-state index is -0.152. The molecule has 0 atom stereocenters. The van der Waals surface area contributed by atoms with Crippen molar-refractivity contribution in [1.82, 2.24) is 4.90 Å². The summed E-state index contributed by atoms with van der Waals surface area (Å²) >= 11 is 3.45. The fourth-order valence-electron chi connectivity index (χ4n) is 3.42. The van der Waals surface area contributed by atoms with Gasteiger partial charge in [-0.3, -0.25) is 0 Å². The van der Waals surface area contributed by atoms with Gasteiger partial charge in [0, 0.05) is 23.2 Å². The third-order valence-electron chi connectivity index (χ3n) is 5.12. The fourth-order valence-corrected chi connectivity index (χ4v) is 3.82. The van der Waals surface area contributed by atoms with Gasteiger partial charge in [-0.1, -0.05) is 94.8 Å². The summed E-state index contributed by atoms with van der Waals surface area (Å²) in [7, 11) is 0. The maximum Gasteiger partial charge on any atom is 0.322 e. The molecular formula is C28H25BrN2O2. The smallest absolute Gasteiger partial charge is 0.322 e. The van der Waals surface area contributed by atoms with Crippen molar-refractivity contribution < 1.29 is 9.53 Å². The van der Waals surface area contributed by atoms with E-state index in [1.807, 2.05) is 109 Å². The summed E-state index contributed by atoms with van der Waals surface area (Å²) < 4.78 is 6.81. The second-order valence-corrected chi connectivity index (χ2v) is 8.62. The molecule has 4 aromatic carbocycles. The van der Waals surface area contributed by atoms with Gasteiger partial charge >= 0.3 is 6.03 Å².